The van der Waals surface area contributed by atoms with Crippen molar-refractivity contribution in [3.8, 4) is 0 Å². The Kier molecular flexibility index (Phi) is 3.71. The lowest BCUT2D eigenvalue weighted by atomic mass is 9.91. The number of carbonyl (C=O) groups is 1. The van der Waals surface area contributed by atoms with Gasteiger partial charge in [-0.05, 0) is 30.5 Å². The van der Waals surface area contributed by atoms with Gasteiger partial charge in [0, 0.05) is 11.1 Å². The van der Waals surface area contributed by atoms with E-state index in [1.165, 1.54) is 6.07 Å². The molecule has 2 N–H and O–H groups in total. The molecule has 0 aliphatic carbocycles. The largest absolute Gasteiger partial charge is 0.383 e. The second-order valence-electron chi connectivity index (χ2n) is 5.64. The van der Waals surface area contributed by atoms with Crippen LogP contribution in [0, 0.1) is 5.82 Å². The van der Waals surface area contributed by atoms with Gasteiger partial charge in [0.15, 0.2) is 0 Å². The van der Waals surface area contributed by atoms with Crippen molar-refractivity contribution in [1.82, 2.24) is 0 Å². The highest BCUT2D eigenvalue weighted by Gasteiger charge is 2.31. The lowest BCUT2D eigenvalue weighted by molar-refractivity contribution is -0.116. The normalized spacial score (nSPS) is 18.0. The Balaban J connectivity index is 2.15. The van der Waals surface area contributed by atoms with Gasteiger partial charge in [-0.1, -0.05) is 37.3 Å². The Bertz CT molecular complexity index is 742. The molecule has 4 heteroatoms. The van der Waals surface area contributed by atoms with Crippen LogP contribution < -0.4 is 5.32 Å². The van der Waals surface area contributed by atoms with E-state index in [9.17, 15) is 14.3 Å². The Hall–Kier alpha value is -2.20. The van der Waals surface area contributed by atoms with E-state index in [0.717, 1.165) is 17.5 Å². The number of halogens is 1. The van der Waals surface area contributed by atoms with Crippen molar-refractivity contribution in [2.75, 3.05) is 5.32 Å². The number of aliphatic hydroxyl groups is 1. The van der Waals surface area contributed by atoms with E-state index in [-0.39, 0.29) is 17.4 Å². The van der Waals surface area contributed by atoms with Gasteiger partial charge in [-0.15, -0.1) is 0 Å². The first-order valence-corrected chi connectivity index (χ1v) is 7.43. The number of amides is 1. The lowest BCUT2D eigenvalue weighted by Crippen LogP contribution is -2.10. The number of anilines is 1. The molecule has 2 aromatic carbocycles. The SMILES string of the molecule is CCc1cc2c(c(C(O)c3ccccc3F)c1)NC(=O)C2C. The maximum absolute atomic E-state index is 14.0. The van der Waals surface area contributed by atoms with Crippen molar-refractivity contribution < 1.29 is 14.3 Å². The van der Waals surface area contributed by atoms with Crippen LogP contribution in [0.3, 0.4) is 0 Å². The number of rotatable bonds is 3. The third kappa shape index (κ3) is 2.29. The zero-order chi connectivity index (χ0) is 15.9. The number of hydrogen-bond donors (Lipinski definition) is 2. The molecule has 1 amide bonds. The summed E-state index contributed by atoms with van der Waals surface area (Å²) >= 11 is 0. The summed E-state index contributed by atoms with van der Waals surface area (Å²) in [6.45, 7) is 3.84. The van der Waals surface area contributed by atoms with Gasteiger partial charge in [-0.25, -0.2) is 4.39 Å². The minimum Gasteiger partial charge on any atom is -0.383 e. The molecular formula is C18H18FNO2. The summed E-state index contributed by atoms with van der Waals surface area (Å²) in [6.07, 6.45) is -0.322. The quantitative estimate of drug-likeness (QED) is 0.911. The van der Waals surface area contributed by atoms with Crippen LogP contribution in [0.25, 0.3) is 0 Å². The molecule has 0 saturated carbocycles. The van der Waals surface area contributed by atoms with E-state index in [1.54, 1.807) is 18.2 Å². The van der Waals surface area contributed by atoms with Gasteiger partial charge in [0.25, 0.3) is 0 Å². The summed E-state index contributed by atoms with van der Waals surface area (Å²) in [5, 5.41) is 13.5. The third-order valence-corrected chi connectivity index (χ3v) is 4.27. The summed E-state index contributed by atoms with van der Waals surface area (Å²) in [5.41, 5.74) is 3.27. The molecule has 114 valence electrons. The lowest BCUT2D eigenvalue weighted by Gasteiger charge is -2.18. The fraction of sp³-hybridized carbons (Fsp3) is 0.278. The summed E-state index contributed by atoms with van der Waals surface area (Å²) < 4.78 is 14.0. The van der Waals surface area contributed by atoms with Gasteiger partial charge < -0.3 is 10.4 Å². The van der Waals surface area contributed by atoms with Crippen LogP contribution in [0.2, 0.25) is 0 Å². The van der Waals surface area contributed by atoms with E-state index in [2.05, 4.69) is 5.32 Å². The second-order valence-corrected chi connectivity index (χ2v) is 5.64. The number of aryl methyl sites for hydroxylation is 1. The van der Waals surface area contributed by atoms with E-state index >= 15 is 0 Å². The summed E-state index contributed by atoms with van der Waals surface area (Å²) in [7, 11) is 0. The maximum atomic E-state index is 14.0. The van der Waals surface area contributed by atoms with Crippen molar-refractivity contribution in [1.29, 1.82) is 0 Å². The molecule has 2 aromatic rings. The first-order chi connectivity index (χ1) is 10.5. The van der Waals surface area contributed by atoms with Crippen LogP contribution >= 0.6 is 0 Å². The summed E-state index contributed by atoms with van der Waals surface area (Å²) in [6, 6.07) is 9.98. The van der Waals surface area contributed by atoms with Gasteiger partial charge in [0.05, 0.1) is 11.6 Å². The molecule has 0 spiro atoms. The summed E-state index contributed by atoms with van der Waals surface area (Å²) in [4.78, 5) is 11.9. The molecule has 3 rings (SSSR count). The molecule has 1 aliphatic heterocycles. The topological polar surface area (TPSA) is 49.3 Å². The number of benzene rings is 2. The van der Waals surface area contributed by atoms with Crippen molar-refractivity contribution in [3.63, 3.8) is 0 Å². The number of aliphatic hydroxyl groups excluding tert-OH is 1. The predicted molar refractivity (Wildman–Crippen MR) is 83.3 cm³/mol. The standard InChI is InChI=1S/C18H18FNO2/c1-3-11-8-13-10(2)18(22)20-16(13)14(9-11)17(21)12-6-4-5-7-15(12)19/h4-10,17,21H,3H2,1-2H3,(H,20,22). The minimum absolute atomic E-state index is 0.0924. The zero-order valence-corrected chi connectivity index (χ0v) is 12.6. The Labute approximate surface area is 128 Å². The first kappa shape index (κ1) is 14.7. The van der Waals surface area contributed by atoms with Gasteiger partial charge >= 0.3 is 0 Å². The fourth-order valence-corrected chi connectivity index (χ4v) is 2.89. The van der Waals surface area contributed by atoms with Crippen molar-refractivity contribution in [2.45, 2.75) is 32.3 Å². The van der Waals surface area contributed by atoms with Crippen LogP contribution in [0.15, 0.2) is 36.4 Å². The summed E-state index contributed by atoms with van der Waals surface area (Å²) in [5.74, 6) is -0.804. The number of nitrogens with one attached hydrogen (secondary N) is 1. The smallest absolute Gasteiger partial charge is 0.231 e. The van der Waals surface area contributed by atoms with Crippen LogP contribution in [0.1, 0.15) is 48.1 Å². The Morgan fingerprint density at radius 1 is 1.27 bits per heavy atom. The van der Waals surface area contributed by atoms with Crippen LogP contribution in [0.5, 0.6) is 0 Å². The maximum Gasteiger partial charge on any atom is 0.231 e. The molecule has 0 saturated heterocycles. The van der Waals surface area contributed by atoms with E-state index < -0.39 is 11.9 Å². The molecule has 2 atom stereocenters. The van der Waals surface area contributed by atoms with Crippen LogP contribution in [-0.2, 0) is 11.2 Å². The molecule has 0 radical (unpaired) electrons. The average molecular weight is 299 g/mol. The van der Waals surface area contributed by atoms with Crippen LogP contribution in [0.4, 0.5) is 10.1 Å². The monoisotopic (exact) mass is 299 g/mol. The van der Waals surface area contributed by atoms with E-state index in [0.29, 0.717) is 11.3 Å². The molecule has 0 fully saturated rings. The van der Waals surface area contributed by atoms with Gasteiger partial charge in [0.1, 0.15) is 11.9 Å². The number of hydrogen-bond acceptors (Lipinski definition) is 2. The van der Waals surface area contributed by atoms with Gasteiger partial charge in [0.2, 0.25) is 5.91 Å². The van der Waals surface area contributed by atoms with Crippen LogP contribution in [-0.4, -0.2) is 11.0 Å². The molecule has 2 unspecified atom stereocenters. The van der Waals surface area contributed by atoms with E-state index in [4.69, 9.17) is 0 Å². The first-order valence-electron chi connectivity index (χ1n) is 7.43. The van der Waals surface area contributed by atoms with E-state index in [1.807, 2.05) is 26.0 Å². The predicted octanol–water partition coefficient (Wildman–Crippen LogP) is 3.53. The van der Waals surface area contributed by atoms with Gasteiger partial charge in [-0.2, -0.15) is 0 Å². The van der Waals surface area contributed by atoms with Gasteiger partial charge in [-0.3, -0.25) is 4.79 Å². The molecule has 0 aromatic heterocycles. The molecule has 1 heterocycles. The molecule has 0 bridgehead atoms. The van der Waals surface area contributed by atoms with Crippen molar-refractivity contribution in [3.05, 3.63) is 64.5 Å². The zero-order valence-electron chi connectivity index (χ0n) is 12.6. The fourth-order valence-electron chi connectivity index (χ4n) is 2.89. The molecule has 22 heavy (non-hydrogen) atoms. The third-order valence-electron chi connectivity index (χ3n) is 4.27. The number of carbonyl (C=O) groups excluding carboxylic acids is 1. The average Bonchev–Trinajstić information content (AvgIpc) is 2.81. The Morgan fingerprint density at radius 2 is 2.00 bits per heavy atom. The van der Waals surface area contributed by atoms with Crippen molar-refractivity contribution in [2.24, 2.45) is 0 Å². The molecule has 3 nitrogen and oxygen atoms in total. The number of fused-ring (bicyclic) bond motifs is 1. The highest BCUT2D eigenvalue weighted by Crippen LogP contribution is 2.40. The molecular weight excluding hydrogens is 281 g/mol. The molecule has 1 aliphatic rings. The van der Waals surface area contributed by atoms with Crippen molar-refractivity contribution >= 4 is 11.6 Å². The second kappa shape index (κ2) is 5.54. The minimum atomic E-state index is -1.10. The highest BCUT2D eigenvalue weighted by atomic mass is 19.1. The highest BCUT2D eigenvalue weighted by molar-refractivity contribution is 6.03. The Morgan fingerprint density at radius 3 is 2.68 bits per heavy atom.